The van der Waals surface area contributed by atoms with Crippen molar-refractivity contribution < 1.29 is 14.3 Å². The predicted molar refractivity (Wildman–Crippen MR) is 90.7 cm³/mol. The summed E-state index contributed by atoms with van der Waals surface area (Å²) < 4.78 is 7.68. The summed E-state index contributed by atoms with van der Waals surface area (Å²) in [4.78, 5) is 36.8. The van der Waals surface area contributed by atoms with Crippen LogP contribution in [-0.2, 0) is 27.9 Å². The van der Waals surface area contributed by atoms with Crippen LogP contribution < -0.4 is 11.0 Å². The first kappa shape index (κ1) is 17.8. The SMILES string of the molecule is CCCC(C)(NC(=O)Cn1c(=O)n(C)c2ccccc21)C(=O)OC. The van der Waals surface area contributed by atoms with Gasteiger partial charge >= 0.3 is 11.7 Å². The van der Waals surface area contributed by atoms with Crippen molar-refractivity contribution in [3.63, 3.8) is 0 Å². The fraction of sp³-hybridized carbons (Fsp3) is 0.471. The molecule has 1 N–H and O–H groups in total. The third-order valence-corrected chi connectivity index (χ3v) is 4.15. The first-order chi connectivity index (χ1) is 11.3. The first-order valence-corrected chi connectivity index (χ1v) is 7.87. The third-order valence-electron chi connectivity index (χ3n) is 4.15. The number of nitrogens with zero attached hydrogens (tertiary/aromatic N) is 2. The standard InChI is InChI=1S/C17H23N3O4/c1-5-10-17(2,15(22)24-4)18-14(21)11-20-13-9-7-6-8-12(13)19(3)16(20)23/h6-9H,5,10-11H2,1-4H3,(H,18,21). The zero-order chi connectivity index (χ0) is 17.9. The topological polar surface area (TPSA) is 82.3 Å². The average molecular weight is 333 g/mol. The molecule has 1 aromatic carbocycles. The summed E-state index contributed by atoms with van der Waals surface area (Å²) in [5.74, 6) is -0.905. The van der Waals surface area contributed by atoms with Gasteiger partial charge in [0.1, 0.15) is 12.1 Å². The number of ether oxygens (including phenoxy) is 1. The number of esters is 1. The van der Waals surface area contributed by atoms with Gasteiger partial charge in [0.2, 0.25) is 5.91 Å². The molecule has 0 aliphatic rings. The van der Waals surface area contributed by atoms with Gasteiger partial charge in [-0.2, -0.15) is 0 Å². The lowest BCUT2D eigenvalue weighted by Gasteiger charge is -2.27. The van der Waals surface area contributed by atoms with Gasteiger partial charge < -0.3 is 10.1 Å². The van der Waals surface area contributed by atoms with Gasteiger partial charge in [-0.3, -0.25) is 13.9 Å². The minimum atomic E-state index is -1.10. The second kappa shape index (κ2) is 6.90. The number of aromatic nitrogens is 2. The van der Waals surface area contributed by atoms with Gasteiger partial charge in [-0.05, 0) is 25.5 Å². The molecule has 0 fully saturated rings. The lowest BCUT2D eigenvalue weighted by atomic mass is 9.96. The maximum Gasteiger partial charge on any atom is 0.331 e. The summed E-state index contributed by atoms with van der Waals surface area (Å²) >= 11 is 0. The van der Waals surface area contributed by atoms with E-state index in [9.17, 15) is 14.4 Å². The highest BCUT2D eigenvalue weighted by atomic mass is 16.5. The fourth-order valence-corrected chi connectivity index (χ4v) is 2.95. The summed E-state index contributed by atoms with van der Waals surface area (Å²) in [6.45, 7) is 3.39. The Morgan fingerprint density at radius 2 is 1.88 bits per heavy atom. The summed E-state index contributed by atoms with van der Waals surface area (Å²) in [6, 6.07) is 7.25. The monoisotopic (exact) mass is 333 g/mol. The molecule has 0 spiro atoms. The Labute approximate surface area is 140 Å². The van der Waals surface area contributed by atoms with Crippen LogP contribution in [0.3, 0.4) is 0 Å². The molecule has 2 aromatic rings. The third kappa shape index (κ3) is 3.20. The molecule has 0 saturated heterocycles. The molecule has 130 valence electrons. The molecule has 24 heavy (non-hydrogen) atoms. The maximum absolute atomic E-state index is 12.4. The number of hydrogen-bond acceptors (Lipinski definition) is 4. The van der Waals surface area contributed by atoms with Crippen LogP contribution in [0.15, 0.2) is 29.1 Å². The van der Waals surface area contributed by atoms with Crippen LogP contribution in [0.2, 0.25) is 0 Å². The lowest BCUT2D eigenvalue weighted by molar-refractivity contribution is -0.150. The van der Waals surface area contributed by atoms with Crippen molar-refractivity contribution in [3.8, 4) is 0 Å². The highest BCUT2D eigenvalue weighted by Crippen LogP contribution is 2.15. The molecule has 0 bridgehead atoms. The van der Waals surface area contributed by atoms with Crippen molar-refractivity contribution in [1.29, 1.82) is 0 Å². The lowest BCUT2D eigenvalue weighted by Crippen LogP contribution is -2.53. The van der Waals surface area contributed by atoms with Gasteiger partial charge in [0, 0.05) is 7.05 Å². The van der Waals surface area contributed by atoms with E-state index >= 15 is 0 Å². The second-order valence-electron chi connectivity index (χ2n) is 6.04. The summed E-state index contributed by atoms with van der Waals surface area (Å²) in [6.07, 6.45) is 1.16. The number of amides is 1. The van der Waals surface area contributed by atoms with Gasteiger partial charge in [0.05, 0.1) is 18.1 Å². The number of rotatable bonds is 6. The van der Waals surface area contributed by atoms with Crippen molar-refractivity contribution in [2.75, 3.05) is 7.11 Å². The van der Waals surface area contributed by atoms with Gasteiger partial charge in [-0.25, -0.2) is 9.59 Å². The molecule has 7 heteroatoms. The Morgan fingerprint density at radius 1 is 1.25 bits per heavy atom. The summed E-state index contributed by atoms with van der Waals surface area (Å²) in [7, 11) is 2.95. The van der Waals surface area contributed by atoms with E-state index in [-0.39, 0.29) is 12.2 Å². The molecular formula is C17H23N3O4. The Morgan fingerprint density at radius 3 is 2.46 bits per heavy atom. The fourth-order valence-electron chi connectivity index (χ4n) is 2.95. The van der Waals surface area contributed by atoms with Crippen molar-refractivity contribution in [2.24, 2.45) is 7.05 Å². The molecule has 1 heterocycles. The van der Waals surface area contributed by atoms with Crippen molar-refractivity contribution in [1.82, 2.24) is 14.5 Å². The van der Waals surface area contributed by atoms with Gasteiger partial charge in [0.25, 0.3) is 0 Å². The van der Waals surface area contributed by atoms with Crippen molar-refractivity contribution in [2.45, 2.75) is 38.8 Å². The minimum absolute atomic E-state index is 0.156. The van der Waals surface area contributed by atoms with Crippen LogP contribution in [0, 0.1) is 0 Å². The van der Waals surface area contributed by atoms with Crippen molar-refractivity contribution in [3.05, 3.63) is 34.7 Å². The highest BCUT2D eigenvalue weighted by molar-refractivity contribution is 5.88. The molecule has 1 aromatic heterocycles. The first-order valence-electron chi connectivity index (χ1n) is 7.87. The summed E-state index contributed by atoms with van der Waals surface area (Å²) in [5.41, 5.74) is 0.0472. The number of benzene rings is 1. The Hall–Kier alpha value is -2.57. The average Bonchev–Trinajstić information content (AvgIpc) is 2.79. The Kier molecular flexibility index (Phi) is 5.11. The summed E-state index contributed by atoms with van der Waals surface area (Å²) in [5, 5.41) is 2.71. The second-order valence-corrected chi connectivity index (χ2v) is 6.04. The van der Waals surface area contributed by atoms with Gasteiger partial charge in [-0.15, -0.1) is 0 Å². The molecule has 1 amide bonds. The highest BCUT2D eigenvalue weighted by Gasteiger charge is 2.35. The molecule has 1 atom stereocenters. The van der Waals surface area contributed by atoms with Gasteiger partial charge in [0.15, 0.2) is 0 Å². The molecular weight excluding hydrogens is 310 g/mol. The van der Waals surface area contributed by atoms with Crippen molar-refractivity contribution >= 4 is 22.9 Å². The Bertz CT molecular complexity index is 821. The molecule has 1 unspecified atom stereocenters. The van der Waals surface area contributed by atoms with Crippen LogP contribution in [0.25, 0.3) is 11.0 Å². The van der Waals surface area contributed by atoms with Crippen LogP contribution in [0.1, 0.15) is 26.7 Å². The van der Waals surface area contributed by atoms with Gasteiger partial charge in [-0.1, -0.05) is 25.5 Å². The molecule has 0 saturated carbocycles. The Balaban J connectivity index is 2.29. The normalized spacial score (nSPS) is 13.5. The number of imidazole rings is 1. The van der Waals surface area contributed by atoms with E-state index in [1.807, 2.05) is 25.1 Å². The number of carbonyl (C=O) groups excluding carboxylic acids is 2. The minimum Gasteiger partial charge on any atom is -0.467 e. The van der Waals surface area contributed by atoms with Crippen LogP contribution in [-0.4, -0.2) is 33.7 Å². The van der Waals surface area contributed by atoms with E-state index in [1.54, 1.807) is 20.0 Å². The van der Waals surface area contributed by atoms with Crippen LogP contribution in [0.5, 0.6) is 0 Å². The number of methoxy groups -OCH3 is 1. The van der Waals surface area contributed by atoms with Crippen LogP contribution >= 0.6 is 0 Å². The predicted octanol–water partition coefficient (Wildman–Crippen LogP) is 1.19. The smallest absolute Gasteiger partial charge is 0.331 e. The van der Waals surface area contributed by atoms with E-state index in [2.05, 4.69) is 5.32 Å². The number of aryl methyl sites for hydroxylation is 1. The quantitative estimate of drug-likeness (QED) is 0.805. The molecule has 2 rings (SSSR count). The number of para-hydroxylation sites is 2. The van der Waals surface area contributed by atoms with E-state index in [0.29, 0.717) is 18.4 Å². The van der Waals surface area contributed by atoms with E-state index in [4.69, 9.17) is 4.74 Å². The number of carbonyl (C=O) groups is 2. The molecule has 0 aliphatic heterocycles. The molecule has 0 aliphatic carbocycles. The number of hydrogen-bond donors (Lipinski definition) is 1. The molecule has 0 radical (unpaired) electrons. The largest absolute Gasteiger partial charge is 0.467 e. The maximum atomic E-state index is 12.4. The molecule has 7 nitrogen and oxygen atoms in total. The van der Waals surface area contributed by atoms with E-state index < -0.39 is 17.4 Å². The number of fused-ring (bicyclic) bond motifs is 1. The van der Waals surface area contributed by atoms with E-state index in [1.165, 1.54) is 16.2 Å². The number of nitrogens with one attached hydrogen (secondary N) is 1. The zero-order valence-corrected chi connectivity index (χ0v) is 14.5. The zero-order valence-electron chi connectivity index (χ0n) is 14.5. The van der Waals surface area contributed by atoms with E-state index in [0.717, 1.165) is 5.52 Å². The van der Waals surface area contributed by atoms with Crippen LogP contribution in [0.4, 0.5) is 0 Å².